The number of nitrogens with one attached hydrogen (secondary N) is 1. The SMILES string of the molecule is C[C@@]12CN(c3ccc(C#N)cn3)CC1CCN(c1ncnc3[nH]ccc13)C2. The summed E-state index contributed by atoms with van der Waals surface area (Å²) >= 11 is 0. The van der Waals surface area contributed by atoms with Gasteiger partial charge in [0.15, 0.2) is 0 Å². The Bertz CT molecular complexity index is 1020. The lowest BCUT2D eigenvalue weighted by atomic mass is 9.75. The van der Waals surface area contributed by atoms with E-state index in [1.165, 1.54) is 0 Å². The van der Waals surface area contributed by atoms with E-state index in [9.17, 15) is 0 Å². The molecule has 1 unspecified atom stereocenters. The number of hydrogen-bond acceptors (Lipinski definition) is 6. The molecule has 27 heavy (non-hydrogen) atoms. The van der Waals surface area contributed by atoms with Gasteiger partial charge in [0.1, 0.15) is 29.7 Å². The van der Waals surface area contributed by atoms with Crippen LogP contribution < -0.4 is 9.80 Å². The molecular weight excluding hydrogens is 338 g/mol. The van der Waals surface area contributed by atoms with Crippen molar-refractivity contribution in [2.45, 2.75) is 13.3 Å². The second-order valence-corrected chi connectivity index (χ2v) is 7.90. The minimum absolute atomic E-state index is 0.182. The van der Waals surface area contributed by atoms with Crippen LogP contribution in [0.1, 0.15) is 18.9 Å². The Morgan fingerprint density at radius 1 is 1.19 bits per heavy atom. The Morgan fingerprint density at radius 3 is 2.89 bits per heavy atom. The molecule has 2 saturated heterocycles. The first kappa shape index (κ1) is 16.1. The Balaban J connectivity index is 1.40. The molecule has 3 aromatic heterocycles. The molecule has 136 valence electrons. The summed E-state index contributed by atoms with van der Waals surface area (Å²) in [6.07, 6.45) is 6.37. The molecular formula is C20H21N7. The van der Waals surface area contributed by atoms with Gasteiger partial charge in [-0.15, -0.1) is 0 Å². The molecule has 1 N–H and O–H groups in total. The number of hydrogen-bond donors (Lipinski definition) is 1. The fourth-order valence-corrected chi connectivity index (χ4v) is 4.67. The van der Waals surface area contributed by atoms with E-state index in [1.807, 2.05) is 18.3 Å². The zero-order chi connectivity index (χ0) is 18.4. The maximum Gasteiger partial charge on any atom is 0.142 e. The van der Waals surface area contributed by atoms with Crippen LogP contribution in [0.3, 0.4) is 0 Å². The first-order valence-electron chi connectivity index (χ1n) is 9.30. The monoisotopic (exact) mass is 359 g/mol. The van der Waals surface area contributed by atoms with E-state index in [-0.39, 0.29) is 5.41 Å². The van der Waals surface area contributed by atoms with E-state index >= 15 is 0 Å². The van der Waals surface area contributed by atoms with Crippen LogP contribution in [0.5, 0.6) is 0 Å². The van der Waals surface area contributed by atoms with Crippen LogP contribution in [0.2, 0.25) is 0 Å². The van der Waals surface area contributed by atoms with E-state index in [2.05, 4.69) is 48.8 Å². The van der Waals surface area contributed by atoms with Gasteiger partial charge < -0.3 is 14.8 Å². The molecule has 7 nitrogen and oxygen atoms in total. The summed E-state index contributed by atoms with van der Waals surface area (Å²) in [6, 6.07) is 8.01. The molecule has 0 radical (unpaired) electrons. The van der Waals surface area contributed by atoms with E-state index in [0.717, 1.165) is 55.3 Å². The van der Waals surface area contributed by atoms with Crippen LogP contribution in [0.4, 0.5) is 11.6 Å². The zero-order valence-electron chi connectivity index (χ0n) is 15.3. The number of aromatic nitrogens is 4. The van der Waals surface area contributed by atoms with Crippen molar-refractivity contribution in [3.05, 3.63) is 42.5 Å². The molecule has 0 bridgehead atoms. The van der Waals surface area contributed by atoms with Crippen molar-refractivity contribution in [2.75, 3.05) is 36.0 Å². The van der Waals surface area contributed by atoms with E-state index < -0.39 is 0 Å². The van der Waals surface area contributed by atoms with Gasteiger partial charge in [-0.2, -0.15) is 5.26 Å². The average Bonchev–Trinajstić information content (AvgIpc) is 3.31. The van der Waals surface area contributed by atoms with E-state index in [1.54, 1.807) is 12.5 Å². The number of pyridine rings is 1. The van der Waals surface area contributed by atoms with Crippen molar-refractivity contribution < 1.29 is 0 Å². The van der Waals surface area contributed by atoms with Gasteiger partial charge in [0.05, 0.1) is 10.9 Å². The Labute approximate surface area is 157 Å². The molecule has 0 aromatic carbocycles. The molecule has 3 aromatic rings. The lowest BCUT2D eigenvalue weighted by molar-refractivity contribution is 0.216. The van der Waals surface area contributed by atoms with Crippen LogP contribution >= 0.6 is 0 Å². The molecule has 7 heteroatoms. The van der Waals surface area contributed by atoms with Gasteiger partial charge in [0.2, 0.25) is 0 Å². The van der Waals surface area contributed by atoms with Crippen molar-refractivity contribution in [1.29, 1.82) is 5.26 Å². The van der Waals surface area contributed by atoms with Gasteiger partial charge in [-0.3, -0.25) is 0 Å². The number of piperidine rings is 1. The van der Waals surface area contributed by atoms with Crippen molar-refractivity contribution in [3.8, 4) is 6.07 Å². The number of nitriles is 1. The lowest BCUT2D eigenvalue weighted by Crippen LogP contribution is -2.47. The van der Waals surface area contributed by atoms with Gasteiger partial charge in [-0.25, -0.2) is 15.0 Å². The predicted octanol–water partition coefficient (Wildman–Crippen LogP) is 2.58. The maximum atomic E-state index is 8.98. The number of H-pyrrole nitrogens is 1. The summed E-state index contributed by atoms with van der Waals surface area (Å²) < 4.78 is 0. The molecule has 0 saturated carbocycles. The number of nitrogens with zero attached hydrogens (tertiary/aromatic N) is 6. The Hall–Kier alpha value is -3.14. The normalized spacial score (nSPS) is 24.8. The van der Waals surface area contributed by atoms with Gasteiger partial charge in [0.25, 0.3) is 0 Å². The summed E-state index contributed by atoms with van der Waals surface area (Å²) in [7, 11) is 0. The Morgan fingerprint density at radius 2 is 2.07 bits per heavy atom. The standard InChI is InChI=1S/C20H21N7/c1-20-11-26(19-16-4-6-22-18(16)24-13-25-19)7-5-15(20)10-27(12-20)17-3-2-14(8-21)9-23-17/h2-4,6,9,13,15H,5,7,10-12H2,1H3,(H,22,24,25)/t15?,20-/m1/s1. The van der Waals surface area contributed by atoms with Gasteiger partial charge in [0, 0.05) is 44.0 Å². The Kier molecular flexibility index (Phi) is 3.54. The van der Waals surface area contributed by atoms with Gasteiger partial charge in [-0.05, 0) is 30.5 Å². The second-order valence-electron chi connectivity index (χ2n) is 7.90. The number of aromatic amines is 1. The topological polar surface area (TPSA) is 84.7 Å². The highest BCUT2D eigenvalue weighted by molar-refractivity contribution is 5.87. The predicted molar refractivity (Wildman–Crippen MR) is 103 cm³/mol. The number of rotatable bonds is 2. The highest BCUT2D eigenvalue weighted by Gasteiger charge is 2.47. The van der Waals surface area contributed by atoms with Gasteiger partial charge >= 0.3 is 0 Å². The lowest BCUT2D eigenvalue weighted by Gasteiger charge is -2.42. The van der Waals surface area contributed by atoms with Crippen LogP contribution in [0, 0.1) is 22.7 Å². The maximum absolute atomic E-state index is 8.98. The highest BCUT2D eigenvalue weighted by atomic mass is 15.3. The summed E-state index contributed by atoms with van der Waals surface area (Å²) in [4.78, 5) is 21.3. The molecule has 0 aliphatic carbocycles. The highest BCUT2D eigenvalue weighted by Crippen LogP contribution is 2.44. The quantitative estimate of drug-likeness (QED) is 0.757. The summed E-state index contributed by atoms with van der Waals surface area (Å²) in [5.74, 6) is 2.62. The first-order chi connectivity index (χ1) is 13.2. The van der Waals surface area contributed by atoms with Crippen LogP contribution in [-0.2, 0) is 0 Å². The molecule has 2 fully saturated rings. The molecule has 5 rings (SSSR count). The van der Waals surface area contributed by atoms with Crippen molar-refractivity contribution in [1.82, 2.24) is 19.9 Å². The third-order valence-electron chi connectivity index (χ3n) is 6.11. The van der Waals surface area contributed by atoms with Crippen LogP contribution in [-0.4, -0.2) is 46.1 Å². The minimum Gasteiger partial charge on any atom is -0.356 e. The molecule has 2 aliphatic rings. The summed E-state index contributed by atoms with van der Waals surface area (Å²) in [5, 5.41) is 10.1. The van der Waals surface area contributed by atoms with Gasteiger partial charge in [-0.1, -0.05) is 6.92 Å². The minimum atomic E-state index is 0.182. The molecule has 2 atom stereocenters. The largest absolute Gasteiger partial charge is 0.356 e. The van der Waals surface area contributed by atoms with E-state index in [0.29, 0.717) is 11.5 Å². The van der Waals surface area contributed by atoms with Crippen LogP contribution in [0.15, 0.2) is 36.9 Å². The average molecular weight is 359 g/mol. The van der Waals surface area contributed by atoms with E-state index in [4.69, 9.17) is 5.26 Å². The fraction of sp³-hybridized carbons (Fsp3) is 0.400. The fourth-order valence-electron chi connectivity index (χ4n) is 4.67. The second kappa shape index (κ2) is 5.95. The molecule has 0 spiro atoms. The number of fused-ring (bicyclic) bond motifs is 2. The first-order valence-corrected chi connectivity index (χ1v) is 9.30. The molecule has 2 aliphatic heterocycles. The molecule has 0 amide bonds. The summed E-state index contributed by atoms with van der Waals surface area (Å²) in [5.41, 5.74) is 1.68. The summed E-state index contributed by atoms with van der Waals surface area (Å²) in [6.45, 7) is 6.35. The molecule has 5 heterocycles. The third-order valence-corrected chi connectivity index (χ3v) is 6.11. The number of anilines is 2. The van der Waals surface area contributed by atoms with Crippen molar-refractivity contribution >= 4 is 22.7 Å². The zero-order valence-corrected chi connectivity index (χ0v) is 15.3. The smallest absolute Gasteiger partial charge is 0.142 e. The van der Waals surface area contributed by atoms with Crippen molar-refractivity contribution in [2.24, 2.45) is 11.3 Å². The van der Waals surface area contributed by atoms with Crippen molar-refractivity contribution in [3.63, 3.8) is 0 Å². The van der Waals surface area contributed by atoms with Crippen LogP contribution in [0.25, 0.3) is 11.0 Å². The third kappa shape index (κ3) is 2.60.